The second kappa shape index (κ2) is 8.76. The summed E-state index contributed by atoms with van der Waals surface area (Å²) in [5.41, 5.74) is 1.84. The molecule has 11 heteroatoms. The Morgan fingerprint density at radius 2 is 1.71 bits per heavy atom. The number of esters is 1. The molecule has 5 aromatic rings. The molecule has 0 atom stereocenters. The number of carbonyl (C=O) groups excluding carboxylic acids is 1. The fourth-order valence-corrected chi connectivity index (χ4v) is 5.40. The van der Waals surface area contributed by atoms with Crippen molar-refractivity contribution in [3.8, 4) is 0 Å². The van der Waals surface area contributed by atoms with Crippen LogP contribution in [0.2, 0.25) is 0 Å². The number of anilines is 1. The number of nitrogens with one attached hydrogen (secondary N) is 1. The third-order valence-corrected chi connectivity index (χ3v) is 7.38. The summed E-state index contributed by atoms with van der Waals surface area (Å²) < 4.78 is 38.2. The van der Waals surface area contributed by atoms with Gasteiger partial charge in [0.2, 0.25) is 0 Å². The van der Waals surface area contributed by atoms with Crippen molar-refractivity contribution in [3.63, 3.8) is 0 Å². The molecule has 1 N–H and O–H groups in total. The number of sulfonamides is 1. The maximum atomic E-state index is 13.1. The van der Waals surface area contributed by atoms with Crippen molar-refractivity contribution in [3.05, 3.63) is 78.4 Å². The van der Waals surface area contributed by atoms with Gasteiger partial charge in [-0.15, -0.1) is 0 Å². The van der Waals surface area contributed by atoms with Gasteiger partial charge in [0.1, 0.15) is 9.92 Å². The van der Waals surface area contributed by atoms with Gasteiger partial charge in [-0.1, -0.05) is 36.0 Å². The number of hydrogen-bond acceptors (Lipinski definition) is 9. The summed E-state index contributed by atoms with van der Waals surface area (Å²) in [5.74, 6) is -0.515. The summed E-state index contributed by atoms with van der Waals surface area (Å²) in [6.45, 7) is 0. The monoisotopic (exact) mass is 492 g/mol. The van der Waals surface area contributed by atoms with Crippen LogP contribution in [-0.4, -0.2) is 36.8 Å². The van der Waals surface area contributed by atoms with E-state index in [0.29, 0.717) is 16.0 Å². The van der Waals surface area contributed by atoms with E-state index in [2.05, 4.69) is 24.8 Å². The van der Waals surface area contributed by atoms with Gasteiger partial charge in [0.15, 0.2) is 11.0 Å². The van der Waals surface area contributed by atoms with E-state index < -0.39 is 16.0 Å². The molecular formula is C23H16N4O5S2. The van der Waals surface area contributed by atoms with E-state index >= 15 is 0 Å². The molecule has 0 fully saturated rings. The average molecular weight is 493 g/mol. The number of ether oxygens (including phenoxy) is 1. The minimum atomic E-state index is -4.02. The van der Waals surface area contributed by atoms with Crippen LogP contribution in [0.4, 0.5) is 5.69 Å². The van der Waals surface area contributed by atoms with Crippen molar-refractivity contribution in [2.24, 2.45) is 0 Å². The summed E-state index contributed by atoms with van der Waals surface area (Å²) in [6.07, 6.45) is 0. The third-order valence-electron chi connectivity index (χ3n) is 4.98. The number of nitrogens with zero attached hydrogens (tertiary/aromatic N) is 3. The summed E-state index contributed by atoms with van der Waals surface area (Å²) >= 11 is 1.33. The lowest BCUT2D eigenvalue weighted by atomic mass is 10.2. The van der Waals surface area contributed by atoms with Crippen molar-refractivity contribution in [1.29, 1.82) is 0 Å². The van der Waals surface area contributed by atoms with E-state index in [9.17, 15) is 13.2 Å². The highest BCUT2D eigenvalue weighted by Gasteiger charge is 2.23. The maximum Gasteiger partial charge on any atom is 0.337 e. The van der Waals surface area contributed by atoms with E-state index in [1.807, 2.05) is 36.4 Å². The van der Waals surface area contributed by atoms with Crippen molar-refractivity contribution in [2.75, 3.05) is 11.8 Å². The molecule has 0 amide bonds. The Morgan fingerprint density at radius 3 is 2.50 bits per heavy atom. The lowest BCUT2D eigenvalue weighted by Crippen LogP contribution is -2.14. The van der Waals surface area contributed by atoms with Gasteiger partial charge in [0.25, 0.3) is 10.0 Å². The Labute approximate surface area is 198 Å². The number of aromatic nitrogens is 3. The van der Waals surface area contributed by atoms with Crippen molar-refractivity contribution in [1.82, 2.24) is 15.3 Å². The fourth-order valence-electron chi connectivity index (χ4n) is 3.34. The minimum Gasteiger partial charge on any atom is -0.465 e. The van der Waals surface area contributed by atoms with Gasteiger partial charge in [0, 0.05) is 16.0 Å². The van der Waals surface area contributed by atoms with E-state index in [0.717, 1.165) is 15.9 Å². The number of benzene rings is 3. The van der Waals surface area contributed by atoms with Crippen LogP contribution in [0.15, 0.2) is 92.2 Å². The second-order valence-electron chi connectivity index (χ2n) is 7.14. The van der Waals surface area contributed by atoms with Crippen LogP contribution in [0.25, 0.3) is 21.9 Å². The quantitative estimate of drug-likeness (QED) is 0.341. The molecule has 0 aliphatic carbocycles. The molecule has 0 radical (unpaired) electrons. The maximum absolute atomic E-state index is 13.1. The molecule has 2 heterocycles. The molecule has 0 unspecified atom stereocenters. The molecule has 3 aromatic carbocycles. The van der Waals surface area contributed by atoms with Crippen LogP contribution in [0, 0.1) is 0 Å². The molecule has 34 heavy (non-hydrogen) atoms. The van der Waals surface area contributed by atoms with Crippen molar-refractivity contribution in [2.45, 2.75) is 14.8 Å². The summed E-state index contributed by atoms with van der Waals surface area (Å²) in [6, 6.07) is 20.6. The molecule has 5 rings (SSSR count). The Bertz CT molecular complexity index is 1630. The number of hydrogen-bond donors (Lipinski definition) is 1. The predicted octanol–water partition coefficient (Wildman–Crippen LogP) is 4.51. The molecule has 0 aliphatic heterocycles. The molecule has 0 spiro atoms. The Hall–Kier alpha value is -3.96. The zero-order valence-corrected chi connectivity index (χ0v) is 19.3. The van der Waals surface area contributed by atoms with Gasteiger partial charge in [-0.2, -0.15) is 0 Å². The van der Waals surface area contributed by atoms with Gasteiger partial charge in [-0.05, 0) is 58.8 Å². The number of rotatable bonds is 6. The minimum absolute atomic E-state index is 0.0865. The van der Waals surface area contributed by atoms with Gasteiger partial charge in [-0.25, -0.2) is 22.8 Å². The highest BCUT2D eigenvalue weighted by molar-refractivity contribution is 7.99. The van der Waals surface area contributed by atoms with E-state index in [4.69, 9.17) is 4.63 Å². The van der Waals surface area contributed by atoms with Crippen LogP contribution in [0.5, 0.6) is 0 Å². The zero-order chi connectivity index (χ0) is 23.7. The molecule has 0 saturated carbocycles. The van der Waals surface area contributed by atoms with Crippen LogP contribution in [-0.2, 0) is 14.8 Å². The van der Waals surface area contributed by atoms with Gasteiger partial charge in [0.05, 0.1) is 18.2 Å². The smallest absolute Gasteiger partial charge is 0.337 e. The van der Waals surface area contributed by atoms with Crippen LogP contribution in [0.3, 0.4) is 0 Å². The van der Waals surface area contributed by atoms with Crippen molar-refractivity contribution < 1.29 is 22.6 Å². The van der Waals surface area contributed by atoms with Gasteiger partial charge < -0.3 is 4.74 Å². The molecule has 9 nitrogen and oxygen atoms in total. The van der Waals surface area contributed by atoms with Gasteiger partial charge >= 0.3 is 5.97 Å². The first-order chi connectivity index (χ1) is 16.4. The van der Waals surface area contributed by atoms with E-state index in [1.54, 1.807) is 6.07 Å². The standard InChI is InChI=1S/C23H16N4O5S2/c1-31-23(28)15-6-9-16(10-7-15)27-34(29,30)19-12-11-18(21-22(19)26-32-25-21)33-20-13-8-14-4-2-3-5-17(14)24-20/h2-13,27H,1H3. The van der Waals surface area contributed by atoms with Crippen LogP contribution in [0.1, 0.15) is 10.4 Å². The average Bonchev–Trinajstić information content (AvgIpc) is 3.34. The van der Waals surface area contributed by atoms with E-state index in [-0.39, 0.29) is 16.1 Å². The molecule has 0 bridgehead atoms. The summed E-state index contributed by atoms with van der Waals surface area (Å²) in [4.78, 5) is 16.8. The molecule has 2 aromatic heterocycles. The molecule has 170 valence electrons. The zero-order valence-electron chi connectivity index (χ0n) is 17.6. The Balaban J connectivity index is 1.45. The lowest BCUT2D eigenvalue weighted by molar-refractivity contribution is 0.0600. The first kappa shape index (κ1) is 21.9. The topological polar surface area (TPSA) is 124 Å². The van der Waals surface area contributed by atoms with Gasteiger partial charge in [-0.3, -0.25) is 4.72 Å². The molecule has 0 saturated heterocycles. The number of fused-ring (bicyclic) bond motifs is 2. The normalized spacial score (nSPS) is 11.6. The first-order valence-electron chi connectivity index (χ1n) is 9.95. The predicted molar refractivity (Wildman–Crippen MR) is 126 cm³/mol. The second-order valence-corrected chi connectivity index (χ2v) is 9.86. The van der Waals surface area contributed by atoms with Crippen LogP contribution >= 0.6 is 11.8 Å². The number of para-hydroxylation sites is 1. The fraction of sp³-hybridized carbons (Fsp3) is 0.0435. The summed E-state index contributed by atoms with van der Waals surface area (Å²) in [5, 5.41) is 9.49. The van der Waals surface area contributed by atoms with E-state index in [1.165, 1.54) is 49.2 Å². The summed E-state index contributed by atoms with van der Waals surface area (Å²) in [7, 11) is -2.75. The SMILES string of the molecule is COC(=O)c1ccc(NS(=O)(=O)c2ccc(Sc3ccc4ccccc4n3)c3nonc23)cc1. The molecule has 0 aliphatic rings. The lowest BCUT2D eigenvalue weighted by Gasteiger charge is -2.10. The van der Waals surface area contributed by atoms with Crippen molar-refractivity contribution >= 4 is 55.4 Å². The largest absolute Gasteiger partial charge is 0.465 e. The third kappa shape index (κ3) is 4.18. The highest BCUT2D eigenvalue weighted by atomic mass is 32.2. The van der Waals surface area contributed by atoms with Crippen LogP contribution < -0.4 is 4.72 Å². The first-order valence-corrected chi connectivity index (χ1v) is 12.2. The molecular weight excluding hydrogens is 476 g/mol. The number of carbonyl (C=O) groups is 1. The Morgan fingerprint density at radius 1 is 0.941 bits per heavy atom. The number of pyridine rings is 1. The highest BCUT2D eigenvalue weighted by Crippen LogP contribution is 2.35. The Kier molecular flexibility index (Phi) is 5.64. The number of methoxy groups -OCH3 is 1.